The van der Waals surface area contributed by atoms with E-state index in [4.69, 9.17) is 5.11 Å². The molecule has 2 heterocycles. The third-order valence-electron chi connectivity index (χ3n) is 4.17. The van der Waals surface area contributed by atoms with Crippen LogP contribution in [0.1, 0.15) is 29.6 Å². The standard InChI is InChI=1S/C16H20N2O2/c19-10-7-12-3-2-9-18(11-12)16(20)14-4-1-5-15-13(14)6-8-17-15/h1,4-6,8,12,17,19H,2-3,7,9-11H2. The Balaban J connectivity index is 1.83. The van der Waals surface area contributed by atoms with Crippen LogP contribution in [0, 0.1) is 5.92 Å². The summed E-state index contributed by atoms with van der Waals surface area (Å²) in [6.45, 7) is 1.79. The van der Waals surface area contributed by atoms with E-state index in [1.54, 1.807) is 0 Å². The molecule has 0 bridgehead atoms. The lowest BCUT2D eigenvalue weighted by molar-refractivity contribution is 0.0655. The Kier molecular flexibility index (Phi) is 3.74. The van der Waals surface area contributed by atoms with Crippen molar-refractivity contribution in [3.8, 4) is 0 Å². The minimum atomic E-state index is 0.109. The van der Waals surface area contributed by atoms with E-state index < -0.39 is 0 Å². The predicted molar refractivity (Wildman–Crippen MR) is 78.6 cm³/mol. The lowest BCUT2D eigenvalue weighted by Crippen LogP contribution is -2.40. The minimum Gasteiger partial charge on any atom is -0.396 e. The van der Waals surface area contributed by atoms with Gasteiger partial charge < -0.3 is 15.0 Å². The van der Waals surface area contributed by atoms with Gasteiger partial charge in [0.15, 0.2) is 0 Å². The summed E-state index contributed by atoms with van der Waals surface area (Å²) in [5.41, 5.74) is 1.77. The normalized spacial score (nSPS) is 19.4. The Morgan fingerprint density at radius 3 is 3.15 bits per heavy atom. The number of H-pyrrole nitrogens is 1. The first-order valence-electron chi connectivity index (χ1n) is 7.26. The molecule has 1 aromatic carbocycles. The first kappa shape index (κ1) is 13.2. The lowest BCUT2D eigenvalue weighted by atomic mass is 9.94. The number of amides is 1. The second kappa shape index (κ2) is 5.67. The number of hydrogen-bond donors (Lipinski definition) is 2. The molecule has 0 spiro atoms. The Bertz CT molecular complexity index is 603. The number of carbonyl (C=O) groups excluding carboxylic acids is 1. The molecular weight excluding hydrogens is 252 g/mol. The number of aliphatic hydroxyl groups excluding tert-OH is 1. The summed E-state index contributed by atoms with van der Waals surface area (Å²) >= 11 is 0. The van der Waals surface area contributed by atoms with E-state index in [0.717, 1.165) is 48.8 Å². The quantitative estimate of drug-likeness (QED) is 0.901. The highest BCUT2D eigenvalue weighted by molar-refractivity contribution is 6.06. The molecule has 2 N–H and O–H groups in total. The van der Waals surface area contributed by atoms with Crippen LogP contribution in [0.25, 0.3) is 10.9 Å². The molecule has 1 aromatic heterocycles. The summed E-state index contributed by atoms with van der Waals surface area (Å²) in [7, 11) is 0. The molecule has 1 aliphatic heterocycles. The average Bonchev–Trinajstić information content (AvgIpc) is 2.95. The number of fused-ring (bicyclic) bond motifs is 1. The molecule has 1 saturated heterocycles. The monoisotopic (exact) mass is 272 g/mol. The molecule has 106 valence electrons. The molecule has 4 heteroatoms. The highest BCUT2D eigenvalue weighted by Gasteiger charge is 2.25. The van der Waals surface area contributed by atoms with Gasteiger partial charge in [0.1, 0.15) is 0 Å². The number of piperidine rings is 1. The maximum absolute atomic E-state index is 12.7. The van der Waals surface area contributed by atoms with Crippen LogP contribution in [-0.2, 0) is 0 Å². The van der Waals surface area contributed by atoms with E-state index in [0.29, 0.717) is 5.92 Å². The second-order valence-electron chi connectivity index (χ2n) is 5.52. The van der Waals surface area contributed by atoms with Crippen LogP contribution >= 0.6 is 0 Å². The van der Waals surface area contributed by atoms with Gasteiger partial charge in [-0.3, -0.25) is 4.79 Å². The van der Waals surface area contributed by atoms with Crippen molar-refractivity contribution in [1.29, 1.82) is 0 Å². The number of aliphatic hydroxyl groups is 1. The molecule has 1 aliphatic rings. The minimum absolute atomic E-state index is 0.109. The fourth-order valence-electron chi connectivity index (χ4n) is 3.11. The van der Waals surface area contributed by atoms with Crippen molar-refractivity contribution in [2.45, 2.75) is 19.3 Å². The van der Waals surface area contributed by atoms with E-state index in [-0.39, 0.29) is 12.5 Å². The molecule has 0 radical (unpaired) electrons. The molecule has 1 atom stereocenters. The number of rotatable bonds is 3. The first-order valence-corrected chi connectivity index (χ1v) is 7.26. The topological polar surface area (TPSA) is 56.3 Å². The van der Waals surface area contributed by atoms with Crippen LogP contribution in [-0.4, -0.2) is 40.6 Å². The summed E-state index contributed by atoms with van der Waals surface area (Å²) < 4.78 is 0. The first-order chi connectivity index (χ1) is 9.79. The molecule has 0 aliphatic carbocycles. The van der Waals surface area contributed by atoms with Gasteiger partial charge in [0.2, 0.25) is 0 Å². The van der Waals surface area contributed by atoms with Gasteiger partial charge >= 0.3 is 0 Å². The third-order valence-corrected chi connectivity index (χ3v) is 4.17. The molecule has 1 unspecified atom stereocenters. The SMILES string of the molecule is O=C(c1cccc2[nH]ccc12)N1CCCC(CCO)C1. The van der Waals surface area contributed by atoms with Gasteiger partial charge in [0.25, 0.3) is 5.91 Å². The number of aromatic amines is 1. The van der Waals surface area contributed by atoms with Crippen LogP contribution in [0.3, 0.4) is 0 Å². The molecular formula is C16H20N2O2. The van der Waals surface area contributed by atoms with Crippen LogP contribution in [0.5, 0.6) is 0 Å². The van der Waals surface area contributed by atoms with Crippen molar-refractivity contribution in [3.63, 3.8) is 0 Å². The second-order valence-corrected chi connectivity index (χ2v) is 5.52. The van der Waals surface area contributed by atoms with E-state index >= 15 is 0 Å². The van der Waals surface area contributed by atoms with Gasteiger partial charge in [0, 0.05) is 42.4 Å². The van der Waals surface area contributed by atoms with E-state index in [2.05, 4.69) is 4.98 Å². The number of nitrogens with zero attached hydrogens (tertiary/aromatic N) is 1. The largest absolute Gasteiger partial charge is 0.396 e. The molecule has 2 aromatic rings. The third kappa shape index (κ3) is 2.43. The van der Waals surface area contributed by atoms with E-state index in [1.807, 2.05) is 35.4 Å². The zero-order valence-corrected chi connectivity index (χ0v) is 11.5. The highest BCUT2D eigenvalue weighted by atomic mass is 16.3. The lowest BCUT2D eigenvalue weighted by Gasteiger charge is -2.32. The van der Waals surface area contributed by atoms with Crippen molar-refractivity contribution in [2.24, 2.45) is 5.92 Å². The van der Waals surface area contributed by atoms with Crippen LogP contribution in [0.4, 0.5) is 0 Å². The molecule has 3 rings (SSSR count). The smallest absolute Gasteiger partial charge is 0.254 e. The van der Waals surface area contributed by atoms with Crippen molar-refractivity contribution >= 4 is 16.8 Å². The maximum atomic E-state index is 12.7. The number of hydrogen-bond acceptors (Lipinski definition) is 2. The Labute approximate surface area is 118 Å². The maximum Gasteiger partial charge on any atom is 0.254 e. The fraction of sp³-hybridized carbons (Fsp3) is 0.438. The number of likely N-dealkylation sites (tertiary alicyclic amines) is 1. The summed E-state index contributed by atoms with van der Waals surface area (Å²) in [6, 6.07) is 7.75. The van der Waals surface area contributed by atoms with Crippen LogP contribution < -0.4 is 0 Å². The van der Waals surface area contributed by atoms with E-state index in [1.165, 1.54) is 0 Å². The van der Waals surface area contributed by atoms with Crippen molar-refractivity contribution in [1.82, 2.24) is 9.88 Å². The van der Waals surface area contributed by atoms with Crippen molar-refractivity contribution in [3.05, 3.63) is 36.0 Å². The average molecular weight is 272 g/mol. The Hall–Kier alpha value is -1.81. The Morgan fingerprint density at radius 2 is 2.30 bits per heavy atom. The summed E-state index contributed by atoms with van der Waals surface area (Å²) in [6.07, 6.45) is 4.79. The zero-order valence-electron chi connectivity index (χ0n) is 11.5. The van der Waals surface area contributed by atoms with Crippen molar-refractivity contribution < 1.29 is 9.90 Å². The number of benzene rings is 1. The van der Waals surface area contributed by atoms with Gasteiger partial charge in [-0.05, 0) is 43.4 Å². The number of nitrogens with one attached hydrogen (secondary N) is 1. The van der Waals surface area contributed by atoms with E-state index in [9.17, 15) is 4.79 Å². The molecule has 1 amide bonds. The van der Waals surface area contributed by atoms with Crippen LogP contribution in [0.15, 0.2) is 30.5 Å². The molecule has 0 saturated carbocycles. The molecule has 4 nitrogen and oxygen atoms in total. The highest BCUT2D eigenvalue weighted by Crippen LogP contribution is 2.24. The van der Waals surface area contributed by atoms with Crippen LogP contribution in [0.2, 0.25) is 0 Å². The van der Waals surface area contributed by atoms with Gasteiger partial charge in [-0.1, -0.05) is 6.07 Å². The van der Waals surface area contributed by atoms with Gasteiger partial charge in [-0.15, -0.1) is 0 Å². The van der Waals surface area contributed by atoms with Gasteiger partial charge in [-0.2, -0.15) is 0 Å². The van der Waals surface area contributed by atoms with Gasteiger partial charge in [0.05, 0.1) is 0 Å². The summed E-state index contributed by atoms with van der Waals surface area (Å²) in [5.74, 6) is 0.543. The molecule has 1 fully saturated rings. The predicted octanol–water partition coefficient (Wildman–Crippen LogP) is 2.40. The summed E-state index contributed by atoms with van der Waals surface area (Å²) in [5, 5.41) is 10.1. The Morgan fingerprint density at radius 1 is 1.40 bits per heavy atom. The molecule has 20 heavy (non-hydrogen) atoms. The van der Waals surface area contributed by atoms with Gasteiger partial charge in [-0.25, -0.2) is 0 Å². The summed E-state index contributed by atoms with van der Waals surface area (Å²) in [4.78, 5) is 17.8. The fourth-order valence-corrected chi connectivity index (χ4v) is 3.11. The zero-order chi connectivity index (χ0) is 13.9. The number of aromatic nitrogens is 1. The van der Waals surface area contributed by atoms with Crippen molar-refractivity contribution in [2.75, 3.05) is 19.7 Å². The number of carbonyl (C=O) groups is 1.